The van der Waals surface area contributed by atoms with Gasteiger partial charge in [-0.3, -0.25) is 0 Å². The van der Waals surface area contributed by atoms with Crippen molar-refractivity contribution in [3.63, 3.8) is 0 Å². The molecule has 9 heteroatoms. The molecule has 0 atom stereocenters. The zero-order chi connectivity index (χ0) is 14.7. The number of nitrogen functional groups attached to an aromatic ring is 1. The molecule has 0 bridgehead atoms. The van der Waals surface area contributed by atoms with Gasteiger partial charge in [0, 0.05) is 5.69 Å². The van der Waals surface area contributed by atoms with Gasteiger partial charge in [-0.1, -0.05) is 0 Å². The lowest BCUT2D eigenvalue weighted by Crippen LogP contribution is -2.49. The van der Waals surface area contributed by atoms with E-state index in [1.54, 1.807) is 0 Å². The van der Waals surface area contributed by atoms with Gasteiger partial charge >= 0.3 is 0 Å². The number of anilines is 2. The van der Waals surface area contributed by atoms with E-state index in [-0.39, 0.29) is 16.3 Å². The minimum absolute atomic E-state index is 0.0360. The van der Waals surface area contributed by atoms with Crippen LogP contribution in [-0.4, -0.2) is 49.1 Å². The van der Waals surface area contributed by atoms with Gasteiger partial charge in [0.25, 0.3) is 0 Å². The normalized spacial score (nSPS) is 12.4. The van der Waals surface area contributed by atoms with Crippen LogP contribution in [0.1, 0.15) is 0 Å². The molecular formula is C10H17N3O5S. The van der Waals surface area contributed by atoms with Gasteiger partial charge in [-0.25, -0.2) is 13.6 Å². The summed E-state index contributed by atoms with van der Waals surface area (Å²) >= 11 is 0. The lowest BCUT2D eigenvalue weighted by molar-refractivity contribution is 0.0832. The number of nitrogens with one attached hydrogen (secondary N) is 1. The number of primary sulfonamides is 1. The van der Waals surface area contributed by atoms with Crippen LogP contribution < -0.4 is 16.2 Å². The summed E-state index contributed by atoms with van der Waals surface area (Å²) in [6.45, 7) is -1.81. The minimum atomic E-state index is -4.04. The first-order valence-corrected chi connectivity index (χ1v) is 6.86. The molecule has 0 aliphatic carbocycles. The van der Waals surface area contributed by atoms with Crippen molar-refractivity contribution < 1.29 is 23.7 Å². The molecule has 0 aliphatic heterocycles. The molecule has 0 saturated heterocycles. The highest BCUT2D eigenvalue weighted by molar-refractivity contribution is 7.89. The summed E-state index contributed by atoms with van der Waals surface area (Å²) in [7, 11) is -4.04. The van der Waals surface area contributed by atoms with Crippen molar-refractivity contribution in [1.82, 2.24) is 0 Å². The molecule has 1 aromatic carbocycles. The molecule has 108 valence electrons. The molecule has 0 saturated carbocycles. The minimum Gasteiger partial charge on any atom is -0.399 e. The van der Waals surface area contributed by atoms with Crippen molar-refractivity contribution in [2.45, 2.75) is 10.4 Å². The second kappa shape index (κ2) is 5.72. The van der Waals surface area contributed by atoms with Crippen molar-refractivity contribution in [2.75, 3.05) is 30.9 Å². The predicted octanol–water partition coefficient (Wildman–Crippen LogP) is -1.96. The Hall–Kier alpha value is -1.39. The summed E-state index contributed by atoms with van der Waals surface area (Å²) in [6, 6.07) is 3.91. The number of sulfonamides is 1. The van der Waals surface area contributed by atoms with Gasteiger partial charge in [0.1, 0.15) is 10.4 Å². The Kier molecular flexibility index (Phi) is 4.71. The summed E-state index contributed by atoms with van der Waals surface area (Å²) in [6.07, 6.45) is 0. The van der Waals surface area contributed by atoms with Gasteiger partial charge in [-0.15, -0.1) is 0 Å². The molecule has 19 heavy (non-hydrogen) atoms. The molecule has 0 heterocycles. The largest absolute Gasteiger partial charge is 0.399 e. The molecule has 0 fully saturated rings. The lowest BCUT2D eigenvalue weighted by Gasteiger charge is -2.30. The van der Waals surface area contributed by atoms with Crippen LogP contribution in [0.5, 0.6) is 0 Å². The zero-order valence-electron chi connectivity index (χ0n) is 10.1. The molecule has 8 nitrogen and oxygen atoms in total. The zero-order valence-corrected chi connectivity index (χ0v) is 10.9. The van der Waals surface area contributed by atoms with Gasteiger partial charge in [-0.2, -0.15) is 0 Å². The Morgan fingerprint density at radius 3 is 2.11 bits per heavy atom. The molecule has 0 aliphatic rings. The third-order valence-corrected chi connectivity index (χ3v) is 3.57. The summed E-state index contributed by atoms with van der Waals surface area (Å²) in [5.74, 6) is 0. The maximum absolute atomic E-state index is 11.5. The SMILES string of the molecule is Nc1ccc(NC(CO)(CO)CO)c(S(N)(=O)=O)c1. The van der Waals surface area contributed by atoms with E-state index in [0.29, 0.717) is 0 Å². The first-order chi connectivity index (χ1) is 8.78. The number of aliphatic hydroxyl groups excluding tert-OH is 3. The van der Waals surface area contributed by atoms with Gasteiger partial charge < -0.3 is 26.4 Å². The number of hydrogen-bond donors (Lipinski definition) is 6. The molecule has 1 rings (SSSR count). The molecule has 0 unspecified atom stereocenters. The monoisotopic (exact) mass is 291 g/mol. The topological polar surface area (TPSA) is 159 Å². The highest BCUT2D eigenvalue weighted by atomic mass is 32.2. The molecule has 0 aromatic heterocycles. The van der Waals surface area contributed by atoms with Crippen molar-refractivity contribution in [3.8, 4) is 0 Å². The van der Waals surface area contributed by atoms with Gasteiger partial charge in [0.15, 0.2) is 0 Å². The van der Waals surface area contributed by atoms with E-state index in [4.69, 9.17) is 10.9 Å². The molecule has 0 spiro atoms. The number of aliphatic hydroxyl groups is 3. The van der Waals surface area contributed by atoms with Gasteiger partial charge in [0.2, 0.25) is 10.0 Å². The van der Waals surface area contributed by atoms with Crippen molar-refractivity contribution in [1.29, 1.82) is 0 Å². The van der Waals surface area contributed by atoms with Crippen molar-refractivity contribution in [3.05, 3.63) is 18.2 Å². The molecule has 8 N–H and O–H groups in total. The fourth-order valence-electron chi connectivity index (χ4n) is 1.43. The summed E-state index contributed by atoms with van der Waals surface area (Å²) in [5.41, 5.74) is 4.25. The fourth-order valence-corrected chi connectivity index (χ4v) is 2.16. The van der Waals surface area contributed by atoms with E-state index >= 15 is 0 Å². The van der Waals surface area contributed by atoms with E-state index in [2.05, 4.69) is 5.32 Å². The van der Waals surface area contributed by atoms with Crippen LogP contribution in [0.2, 0.25) is 0 Å². The Morgan fingerprint density at radius 1 is 1.16 bits per heavy atom. The second-order valence-electron chi connectivity index (χ2n) is 4.18. The van der Waals surface area contributed by atoms with Gasteiger partial charge in [0.05, 0.1) is 25.5 Å². The summed E-state index contributed by atoms with van der Waals surface area (Å²) in [4.78, 5) is -0.285. The Bertz CT molecular complexity index is 534. The van der Waals surface area contributed by atoms with Crippen LogP contribution in [0, 0.1) is 0 Å². The van der Waals surface area contributed by atoms with E-state index in [0.717, 1.165) is 6.07 Å². The predicted molar refractivity (Wildman–Crippen MR) is 69.8 cm³/mol. The van der Waals surface area contributed by atoms with Crippen molar-refractivity contribution >= 4 is 21.4 Å². The van der Waals surface area contributed by atoms with Crippen LogP contribution >= 0.6 is 0 Å². The Morgan fingerprint density at radius 2 is 1.68 bits per heavy atom. The molecule has 0 amide bonds. The third-order valence-electron chi connectivity index (χ3n) is 2.62. The molecular weight excluding hydrogens is 274 g/mol. The summed E-state index contributed by atoms with van der Waals surface area (Å²) in [5, 5.41) is 35.2. The van der Waals surface area contributed by atoms with E-state index in [1.165, 1.54) is 12.1 Å². The lowest BCUT2D eigenvalue weighted by atomic mass is 10.0. The van der Waals surface area contributed by atoms with E-state index in [1.807, 2.05) is 0 Å². The third kappa shape index (κ3) is 3.55. The van der Waals surface area contributed by atoms with E-state index < -0.39 is 35.4 Å². The van der Waals surface area contributed by atoms with Crippen LogP contribution in [0.4, 0.5) is 11.4 Å². The quantitative estimate of drug-likeness (QED) is 0.332. The number of nitrogens with two attached hydrogens (primary N) is 2. The molecule has 0 radical (unpaired) electrons. The standard InChI is InChI=1S/C10H17N3O5S/c11-7-1-2-8(9(3-7)19(12,17)18)13-10(4-14,5-15)6-16/h1-3,13-16H,4-6,11H2,(H2,12,17,18). The highest BCUT2D eigenvalue weighted by Gasteiger charge is 2.29. The first kappa shape index (κ1) is 15.7. The Labute approximate surface area is 110 Å². The average molecular weight is 291 g/mol. The maximum Gasteiger partial charge on any atom is 0.240 e. The average Bonchev–Trinajstić information content (AvgIpc) is 2.37. The van der Waals surface area contributed by atoms with Crippen LogP contribution in [0.3, 0.4) is 0 Å². The summed E-state index contributed by atoms with van der Waals surface area (Å²) < 4.78 is 22.9. The van der Waals surface area contributed by atoms with Crippen molar-refractivity contribution in [2.24, 2.45) is 5.14 Å². The van der Waals surface area contributed by atoms with Gasteiger partial charge in [-0.05, 0) is 18.2 Å². The first-order valence-electron chi connectivity index (χ1n) is 5.31. The number of hydrogen-bond acceptors (Lipinski definition) is 7. The maximum atomic E-state index is 11.5. The van der Waals surface area contributed by atoms with E-state index in [9.17, 15) is 23.7 Å². The van der Waals surface area contributed by atoms with Crippen LogP contribution in [-0.2, 0) is 10.0 Å². The Balaban J connectivity index is 3.28. The second-order valence-corrected chi connectivity index (χ2v) is 5.71. The number of rotatable bonds is 6. The molecule has 1 aromatic rings. The number of benzene rings is 1. The fraction of sp³-hybridized carbons (Fsp3) is 0.400. The van der Waals surface area contributed by atoms with Crippen LogP contribution in [0.25, 0.3) is 0 Å². The van der Waals surface area contributed by atoms with Crippen LogP contribution in [0.15, 0.2) is 23.1 Å². The smallest absolute Gasteiger partial charge is 0.240 e. The highest BCUT2D eigenvalue weighted by Crippen LogP contribution is 2.25.